The number of nitrogens with zero attached hydrogens (tertiary/aromatic N) is 2. The van der Waals surface area contributed by atoms with Crippen LogP contribution in [0.5, 0.6) is 0 Å². The maximum Gasteiger partial charge on any atom is 0.419 e. The summed E-state index contributed by atoms with van der Waals surface area (Å²) in [5, 5.41) is 8.56. The Morgan fingerprint density at radius 3 is 2.48 bits per heavy atom. The van der Waals surface area contributed by atoms with Crippen molar-refractivity contribution in [2.24, 2.45) is 0 Å². The van der Waals surface area contributed by atoms with E-state index in [0.717, 1.165) is 10.4 Å². The fraction of sp³-hybridized carbons (Fsp3) is 0.462. The van der Waals surface area contributed by atoms with Gasteiger partial charge in [-0.25, -0.2) is 12.8 Å². The minimum atomic E-state index is -5.01. The molecule has 0 aromatic heterocycles. The van der Waals surface area contributed by atoms with Gasteiger partial charge in [-0.2, -0.15) is 22.7 Å². The van der Waals surface area contributed by atoms with Crippen LogP contribution in [0.2, 0.25) is 0 Å². The van der Waals surface area contributed by atoms with Gasteiger partial charge in [0.1, 0.15) is 5.82 Å². The van der Waals surface area contributed by atoms with Gasteiger partial charge >= 0.3 is 6.18 Å². The molecule has 5 nitrogen and oxygen atoms in total. The van der Waals surface area contributed by atoms with E-state index in [1.165, 1.54) is 7.11 Å². The van der Waals surface area contributed by atoms with Crippen molar-refractivity contribution in [1.82, 2.24) is 4.31 Å². The Balaban J connectivity index is 3.26. The number of ether oxygens (including phenoxy) is 1. The molecule has 128 valence electrons. The largest absolute Gasteiger partial charge is 0.419 e. The van der Waals surface area contributed by atoms with Gasteiger partial charge < -0.3 is 4.74 Å². The summed E-state index contributed by atoms with van der Waals surface area (Å²) in [6.45, 7) is -0.349. The topological polar surface area (TPSA) is 70.4 Å². The van der Waals surface area contributed by atoms with Gasteiger partial charge in [-0.1, -0.05) is 0 Å². The second-order valence-electron chi connectivity index (χ2n) is 4.44. The van der Waals surface area contributed by atoms with Crippen molar-refractivity contribution in [1.29, 1.82) is 5.26 Å². The Morgan fingerprint density at radius 1 is 1.30 bits per heavy atom. The van der Waals surface area contributed by atoms with Crippen LogP contribution in [-0.4, -0.2) is 39.5 Å². The lowest BCUT2D eigenvalue weighted by atomic mass is 10.2. The molecule has 0 unspecified atom stereocenters. The number of sulfonamides is 1. The average Bonchev–Trinajstić information content (AvgIpc) is 2.46. The molecule has 0 aliphatic carbocycles. The standard InChI is InChI=1S/C13H14F4N2O3S/c1-22-8-7-19(6-2-5-18)23(20,21)10-3-4-12(14)11(9-10)13(15,16)17/h3-4,9H,2,6-8H2,1H3. The first-order chi connectivity index (χ1) is 10.6. The second kappa shape index (κ2) is 7.72. The maximum atomic E-state index is 13.3. The average molecular weight is 354 g/mol. The van der Waals surface area contributed by atoms with Gasteiger partial charge in [0.15, 0.2) is 0 Å². The van der Waals surface area contributed by atoms with Crippen molar-refractivity contribution in [3.63, 3.8) is 0 Å². The van der Waals surface area contributed by atoms with Crippen LogP contribution in [0.15, 0.2) is 23.1 Å². The third-order valence-electron chi connectivity index (χ3n) is 2.90. The highest BCUT2D eigenvalue weighted by Gasteiger charge is 2.36. The van der Waals surface area contributed by atoms with E-state index in [9.17, 15) is 26.0 Å². The Kier molecular flexibility index (Phi) is 6.49. The molecule has 0 N–H and O–H groups in total. The highest BCUT2D eigenvalue weighted by atomic mass is 32.2. The van der Waals surface area contributed by atoms with Crippen LogP contribution >= 0.6 is 0 Å². The second-order valence-corrected chi connectivity index (χ2v) is 6.38. The summed E-state index contributed by atoms with van der Waals surface area (Å²) in [4.78, 5) is -0.694. The van der Waals surface area contributed by atoms with Crippen LogP contribution in [0.1, 0.15) is 12.0 Å². The summed E-state index contributed by atoms with van der Waals surface area (Å²) in [5.41, 5.74) is -1.66. The summed E-state index contributed by atoms with van der Waals surface area (Å²) in [6.07, 6.45) is -5.16. The molecule has 1 aromatic rings. The molecule has 0 fully saturated rings. The number of hydrogen-bond donors (Lipinski definition) is 0. The van der Waals surface area contributed by atoms with Crippen LogP contribution in [0.25, 0.3) is 0 Å². The number of hydrogen-bond acceptors (Lipinski definition) is 4. The predicted octanol–water partition coefficient (Wildman–Crippen LogP) is 2.40. The van der Waals surface area contributed by atoms with Crippen molar-refractivity contribution in [2.45, 2.75) is 17.5 Å². The molecule has 23 heavy (non-hydrogen) atoms. The normalized spacial score (nSPS) is 12.4. The molecule has 0 radical (unpaired) electrons. The van der Waals surface area contributed by atoms with Crippen molar-refractivity contribution < 1.29 is 30.7 Å². The lowest BCUT2D eigenvalue weighted by molar-refractivity contribution is -0.140. The molecule has 1 rings (SSSR count). The Labute approximate surface area is 131 Å². The van der Waals surface area contributed by atoms with Crippen LogP contribution in [0.3, 0.4) is 0 Å². The van der Waals surface area contributed by atoms with Crippen LogP contribution in [0, 0.1) is 17.1 Å². The number of rotatable bonds is 7. The number of nitriles is 1. The summed E-state index contributed by atoms with van der Waals surface area (Å²) in [6, 6.07) is 3.21. The molecule has 1 aromatic carbocycles. The first kappa shape index (κ1) is 19.3. The molecule has 0 saturated carbocycles. The van der Waals surface area contributed by atoms with E-state index in [-0.39, 0.29) is 32.2 Å². The van der Waals surface area contributed by atoms with E-state index >= 15 is 0 Å². The summed E-state index contributed by atoms with van der Waals surface area (Å²) in [5.74, 6) is -1.56. The Hall–Kier alpha value is -1.70. The summed E-state index contributed by atoms with van der Waals surface area (Å²) in [7, 11) is -2.98. The van der Waals surface area contributed by atoms with E-state index in [1.807, 2.05) is 0 Å². The third kappa shape index (κ3) is 4.89. The van der Waals surface area contributed by atoms with Crippen molar-refractivity contribution in [3.05, 3.63) is 29.6 Å². The molecular weight excluding hydrogens is 340 g/mol. The van der Waals surface area contributed by atoms with E-state index in [1.54, 1.807) is 6.07 Å². The lowest BCUT2D eigenvalue weighted by Gasteiger charge is -2.21. The van der Waals surface area contributed by atoms with E-state index < -0.39 is 32.5 Å². The van der Waals surface area contributed by atoms with Gasteiger partial charge in [0, 0.05) is 26.6 Å². The van der Waals surface area contributed by atoms with Crippen LogP contribution < -0.4 is 0 Å². The Bertz CT molecular complexity index is 683. The van der Waals surface area contributed by atoms with Gasteiger partial charge in [0.25, 0.3) is 0 Å². The predicted molar refractivity (Wildman–Crippen MR) is 72.3 cm³/mol. The first-order valence-corrected chi connectivity index (χ1v) is 7.81. The van der Waals surface area contributed by atoms with E-state index in [2.05, 4.69) is 0 Å². The molecule has 0 saturated heterocycles. The molecular formula is C13H14F4N2O3S. The van der Waals surface area contributed by atoms with Crippen molar-refractivity contribution in [3.8, 4) is 6.07 Å². The number of benzene rings is 1. The number of alkyl halides is 3. The fourth-order valence-corrected chi connectivity index (χ4v) is 3.20. The number of halogens is 4. The van der Waals surface area contributed by atoms with Crippen LogP contribution in [0.4, 0.5) is 17.6 Å². The maximum absolute atomic E-state index is 13.3. The van der Waals surface area contributed by atoms with Gasteiger partial charge in [0.2, 0.25) is 10.0 Å². The number of methoxy groups -OCH3 is 1. The van der Waals surface area contributed by atoms with Crippen molar-refractivity contribution >= 4 is 10.0 Å². The zero-order valence-corrected chi connectivity index (χ0v) is 12.9. The fourth-order valence-electron chi connectivity index (χ4n) is 1.75. The van der Waals surface area contributed by atoms with Crippen molar-refractivity contribution in [2.75, 3.05) is 26.8 Å². The SMILES string of the molecule is COCCN(CCC#N)S(=O)(=O)c1ccc(F)c(C(F)(F)F)c1. The minimum Gasteiger partial charge on any atom is -0.383 e. The summed E-state index contributed by atoms with van der Waals surface area (Å²) < 4.78 is 81.8. The van der Waals surface area contributed by atoms with E-state index in [4.69, 9.17) is 10.00 Å². The highest BCUT2D eigenvalue weighted by molar-refractivity contribution is 7.89. The molecule has 0 heterocycles. The molecule has 0 spiro atoms. The highest BCUT2D eigenvalue weighted by Crippen LogP contribution is 2.33. The third-order valence-corrected chi connectivity index (χ3v) is 4.79. The molecule has 0 bridgehead atoms. The first-order valence-electron chi connectivity index (χ1n) is 6.37. The minimum absolute atomic E-state index is 0.00200. The smallest absolute Gasteiger partial charge is 0.383 e. The van der Waals surface area contributed by atoms with Gasteiger partial charge in [0.05, 0.1) is 23.1 Å². The summed E-state index contributed by atoms with van der Waals surface area (Å²) >= 11 is 0. The van der Waals surface area contributed by atoms with Gasteiger partial charge in [-0.3, -0.25) is 0 Å². The molecule has 0 aliphatic heterocycles. The lowest BCUT2D eigenvalue weighted by Crippen LogP contribution is -2.35. The van der Waals surface area contributed by atoms with Gasteiger partial charge in [-0.05, 0) is 18.2 Å². The molecule has 0 atom stereocenters. The zero-order valence-electron chi connectivity index (χ0n) is 12.1. The molecule has 0 aliphatic rings. The molecule has 0 amide bonds. The van der Waals surface area contributed by atoms with Crippen LogP contribution in [-0.2, 0) is 20.9 Å². The monoisotopic (exact) mass is 354 g/mol. The van der Waals surface area contributed by atoms with E-state index in [0.29, 0.717) is 6.07 Å². The quantitative estimate of drug-likeness (QED) is 0.705. The molecule has 10 heteroatoms. The Morgan fingerprint density at radius 2 is 1.96 bits per heavy atom. The zero-order chi connectivity index (χ0) is 17.7. The van der Waals surface area contributed by atoms with Gasteiger partial charge in [-0.15, -0.1) is 0 Å².